The molecule has 1 heterocycles. The second-order valence-corrected chi connectivity index (χ2v) is 15.7. The summed E-state index contributed by atoms with van der Waals surface area (Å²) in [7, 11) is 0. The first-order chi connectivity index (χ1) is 27.9. The number of ether oxygens (including phenoxy) is 1. The van der Waals surface area contributed by atoms with Crippen LogP contribution >= 0.6 is 23.1 Å². The van der Waals surface area contributed by atoms with E-state index in [9.17, 15) is 19.2 Å². The molecule has 10 heteroatoms. The zero-order chi connectivity index (χ0) is 39.6. The first kappa shape index (κ1) is 39.0. The van der Waals surface area contributed by atoms with Crippen LogP contribution in [-0.4, -0.2) is 30.3 Å². The third kappa shape index (κ3) is 9.78. The highest BCUT2D eigenvalue weighted by molar-refractivity contribution is 8.00. The smallest absolute Gasteiger partial charge is 0.341 e. The number of amides is 3. The van der Waals surface area contributed by atoms with Gasteiger partial charge in [-0.05, 0) is 96.8 Å². The van der Waals surface area contributed by atoms with Gasteiger partial charge in [-0.1, -0.05) is 109 Å². The average Bonchev–Trinajstić information content (AvgIpc) is 3.61. The zero-order valence-corrected chi connectivity index (χ0v) is 33.0. The monoisotopic (exact) mass is 791 g/mol. The fourth-order valence-corrected chi connectivity index (χ4v) is 9.01. The van der Waals surface area contributed by atoms with Crippen molar-refractivity contribution in [2.75, 3.05) is 17.2 Å². The average molecular weight is 792 g/mol. The molecule has 1 unspecified atom stereocenters. The third-order valence-electron chi connectivity index (χ3n) is 9.43. The van der Waals surface area contributed by atoms with Crippen molar-refractivity contribution in [1.29, 1.82) is 0 Å². The van der Waals surface area contributed by atoms with Gasteiger partial charge < -0.3 is 20.7 Å². The number of carbonyl (C=O) groups is 4. The van der Waals surface area contributed by atoms with E-state index in [0.717, 1.165) is 63.3 Å². The Bertz CT molecular complexity index is 2400. The molecule has 1 atom stereocenters. The van der Waals surface area contributed by atoms with Gasteiger partial charge in [0.2, 0.25) is 5.91 Å². The number of fused-ring (bicyclic) bond motifs is 1. The quantitative estimate of drug-likeness (QED) is 0.0610. The maximum Gasteiger partial charge on any atom is 0.341 e. The predicted octanol–water partition coefficient (Wildman–Crippen LogP) is 10.4. The Morgan fingerprint density at radius 1 is 0.754 bits per heavy atom. The molecule has 0 spiro atoms. The zero-order valence-electron chi connectivity index (χ0n) is 31.3. The summed E-state index contributed by atoms with van der Waals surface area (Å²) in [5, 5.41) is 8.69. The van der Waals surface area contributed by atoms with Gasteiger partial charge in [0.25, 0.3) is 11.8 Å². The van der Waals surface area contributed by atoms with E-state index in [1.807, 2.05) is 97.1 Å². The molecule has 1 aliphatic rings. The van der Waals surface area contributed by atoms with Crippen LogP contribution in [0.4, 0.5) is 10.7 Å². The van der Waals surface area contributed by atoms with Gasteiger partial charge in [0, 0.05) is 21.0 Å². The number of hydrogen-bond donors (Lipinski definition) is 3. The minimum Gasteiger partial charge on any atom is -0.462 e. The number of nitrogens with one attached hydrogen (secondary N) is 3. The topological polar surface area (TPSA) is 114 Å². The van der Waals surface area contributed by atoms with Crippen molar-refractivity contribution >= 4 is 63.6 Å². The molecule has 0 bridgehead atoms. The molecule has 0 radical (unpaired) electrons. The standard InChI is InChI=1S/C47H41N3O5S2/c1-2-55-47(54)41-38-23-12-13-24-40(38)57-46(41)50-45(53)42(34-17-8-4-9-18-34)56-37-22-14-21-36(30-37)48-44(52)39(49-43(51)35-19-10-5-11-20-35)29-31-25-27-33(28-26-31)32-15-6-3-7-16-32/h3-11,14-22,25-30,42H,2,12-13,23-24H2,1H3,(H,48,52)(H,49,51)(H,50,53)/b39-29+. The Hall–Kier alpha value is -6.23. The molecule has 8 nitrogen and oxygen atoms in total. The second-order valence-electron chi connectivity index (χ2n) is 13.4. The maximum absolute atomic E-state index is 14.2. The molecule has 0 saturated carbocycles. The number of thiophene rings is 1. The number of esters is 1. The third-order valence-corrected chi connectivity index (χ3v) is 11.9. The van der Waals surface area contributed by atoms with E-state index in [2.05, 4.69) is 16.0 Å². The van der Waals surface area contributed by atoms with Crippen molar-refractivity contribution in [2.45, 2.75) is 42.8 Å². The highest BCUT2D eigenvalue weighted by Gasteiger charge is 2.30. The summed E-state index contributed by atoms with van der Waals surface area (Å²) in [6.45, 7) is 2.01. The summed E-state index contributed by atoms with van der Waals surface area (Å²) < 4.78 is 5.42. The summed E-state index contributed by atoms with van der Waals surface area (Å²) in [5.74, 6) is -1.63. The number of hydrogen-bond acceptors (Lipinski definition) is 7. The fourth-order valence-electron chi connectivity index (χ4n) is 6.64. The molecule has 3 N–H and O–H groups in total. The van der Waals surface area contributed by atoms with Crippen molar-refractivity contribution in [3.05, 3.63) is 178 Å². The molecule has 7 rings (SSSR count). The molecule has 57 heavy (non-hydrogen) atoms. The van der Waals surface area contributed by atoms with Gasteiger partial charge in [-0.2, -0.15) is 0 Å². The number of thioether (sulfide) groups is 1. The lowest BCUT2D eigenvalue weighted by Gasteiger charge is -2.18. The molecule has 0 fully saturated rings. The van der Waals surface area contributed by atoms with Crippen LogP contribution in [-0.2, 0) is 27.2 Å². The highest BCUT2D eigenvalue weighted by atomic mass is 32.2. The van der Waals surface area contributed by atoms with Crippen molar-refractivity contribution in [2.24, 2.45) is 0 Å². The van der Waals surface area contributed by atoms with Crippen molar-refractivity contribution in [3.63, 3.8) is 0 Å². The van der Waals surface area contributed by atoms with Crippen LogP contribution in [0.15, 0.2) is 150 Å². The fraction of sp³-hybridized carbons (Fsp3) is 0.149. The van der Waals surface area contributed by atoms with E-state index >= 15 is 0 Å². The van der Waals surface area contributed by atoms with Gasteiger partial charge in [0.05, 0.1) is 12.2 Å². The minimum absolute atomic E-state index is 0.0620. The summed E-state index contributed by atoms with van der Waals surface area (Å²) in [6, 6.07) is 43.1. The Morgan fingerprint density at radius 3 is 2.14 bits per heavy atom. The van der Waals surface area contributed by atoms with Gasteiger partial charge in [0.15, 0.2) is 0 Å². The van der Waals surface area contributed by atoms with E-state index < -0.39 is 23.0 Å². The van der Waals surface area contributed by atoms with Gasteiger partial charge in [-0.3, -0.25) is 14.4 Å². The molecule has 286 valence electrons. The van der Waals surface area contributed by atoms with Crippen LogP contribution in [0.3, 0.4) is 0 Å². The first-order valence-corrected chi connectivity index (χ1v) is 20.5. The molecule has 1 aliphatic carbocycles. The van der Waals surface area contributed by atoms with Gasteiger partial charge >= 0.3 is 5.97 Å². The van der Waals surface area contributed by atoms with E-state index in [0.29, 0.717) is 21.8 Å². The predicted molar refractivity (Wildman–Crippen MR) is 229 cm³/mol. The molecular weight excluding hydrogens is 751 g/mol. The highest BCUT2D eigenvalue weighted by Crippen LogP contribution is 2.42. The number of aryl methyl sites for hydroxylation is 1. The lowest BCUT2D eigenvalue weighted by atomic mass is 9.95. The second kappa shape index (κ2) is 18.6. The molecule has 6 aromatic rings. The van der Waals surface area contributed by atoms with E-state index in [4.69, 9.17) is 4.74 Å². The van der Waals surface area contributed by atoms with Gasteiger partial charge in [-0.15, -0.1) is 23.1 Å². The largest absolute Gasteiger partial charge is 0.462 e. The number of rotatable bonds is 13. The minimum atomic E-state index is -0.689. The summed E-state index contributed by atoms with van der Waals surface area (Å²) in [6.07, 6.45) is 5.31. The summed E-state index contributed by atoms with van der Waals surface area (Å²) in [4.78, 5) is 56.5. The Balaban J connectivity index is 1.13. The van der Waals surface area contributed by atoms with E-state index in [1.54, 1.807) is 55.5 Å². The van der Waals surface area contributed by atoms with Crippen LogP contribution in [0.1, 0.15) is 67.3 Å². The lowest BCUT2D eigenvalue weighted by molar-refractivity contribution is -0.116. The van der Waals surface area contributed by atoms with Crippen molar-refractivity contribution in [1.82, 2.24) is 5.32 Å². The molecule has 0 saturated heterocycles. The maximum atomic E-state index is 14.2. The number of benzene rings is 5. The van der Waals surface area contributed by atoms with Gasteiger partial charge in [-0.25, -0.2) is 4.79 Å². The molecule has 3 amide bonds. The molecule has 1 aromatic heterocycles. The van der Waals surface area contributed by atoms with Crippen LogP contribution in [0.5, 0.6) is 0 Å². The van der Waals surface area contributed by atoms with Crippen LogP contribution < -0.4 is 16.0 Å². The van der Waals surface area contributed by atoms with Crippen LogP contribution in [0, 0.1) is 0 Å². The summed E-state index contributed by atoms with van der Waals surface area (Å²) >= 11 is 2.78. The van der Waals surface area contributed by atoms with Crippen LogP contribution in [0.25, 0.3) is 17.2 Å². The normalized spacial score (nSPS) is 12.8. The van der Waals surface area contributed by atoms with Gasteiger partial charge in [0.1, 0.15) is 15.9 Å². The number of carbonyl (C=O) groups excluding carboxylic acids is 4. The summed E-state index contributed by atoms with van der Waals surface area (Å²) in [5.41, 5.74) is 5.99. The SMILES string of the molecule is CCOC(=O)c1c(NC(=O)C(Sc2cccc(NC(=O)/C(=C\c3ccc(-c4ccccc4)cc3)NC(=O)c3ccccc3)c2)c2ccccc2)sc2c1CCCC2. The Kier molecular flexibility index (Phi) is 12.7. The van der Waals surface area contributed by atoms with Crippen LogP contribution in [0.2, 0.25) is 0 Å². The number of anilines is 2. The first-order valence-electron chi connectivity index (χ1n) is 18.9. The van der Waals surface area contributed by atoms with Crippen molar-refractivity contribution < 1.29 is 23.9 Å². The lowest BCUT2D eigenvalue weighted by Crippen LogP contribution is -2.30. The Labute approximate surface area is 340 Å². The van der Waals surface area contributed by atoms with E-state index in [-0.39, 0.29) is 18.2 Å². The molecule has 5 aromatic carbocycles. The molecule has 0 aliphatic heterocycles. The van der Waals surface area contributed by atoms with E-state index in [1.165, 1.54) is 23.1 Å². The van der Waals surface area contributed by atoms with Crippen molar-refractivity contribution in [3.8, 4) is 11.1 Å². The molecular formula is C47H41N3O5S2. The Morgan fingerprint density at radius 2 is 1.42 bits per heavy atom.